The summed E-state index contributed by atoms with van der Waals surface area (Å²) >= 11 is 6.31. The van der Waals surface area contributed by atoms with Crippen molar-refractivity contribution >= 4 is 53.2 Å². The number of aromatic nitrogens is 2. The van der Waals surface area contributed by atoms with Crippen LogP contribution in [0.5, 0.6) is 5.75 Å². The van der Waals surface area contributed by atoms with Gasteiger partial charge in [-0.1, -0.05) is 23.7 Å². The zero-order chi connectivity index (χ0) is 24.7. The summed E-state index contributed by atoms with van der Waals surface area (Å²) in [6, 6.07) is 12.1. The molecular formula is C23H26ClN4O5P. The lowest BCUT2D eigenvalue weighted by Crippen LogP contribution is -2.12. The van der Waals surface area contributed by atoms with Gasteiger partial charge in [0.15, 0.2) is 5.82 Å². The highest BCUT2D eigenvalue weighted by Crippen LogP contribution is 2.38. The Morgan fingerprint density at radius 3 is 2.53 bits per heavy atom. The van der Waals surface area contributed by atoms with Crippen LogP contribution >= 0.6 is 18.7 Å². The van der Waals surface area contributed by atoms with Crippen LogP contribution in [0.25, 0.3) is 0 Å². The minimum absolute atomic E-state index is 0.137. The molecule has 34 heavy (non-hydrogen) atoms. The number of rotatable bonds is 10. The molecule has 0 spiro atoms. The highest BCUT2D eigenvalue weighted by atomic mass is 35.5. The molecule has 11 heteroatoms. The van der Waals surface area contributed by atoms with Gasteiger partial charge in [0.25, 0.3) is 0 Å². The number of anilines is 4. The number of carbonyl (C=O) groups is 1. The minimum Gasteiger partial charge on any atom is -0.495 e. The Morgan fingerprint density at radius 2 is 1.82 bits per heavy atom. The molecule has 0 fully saturated rings. The first-order valence-electron chi connectivity index (χ1n) is 10.3. The van der Waals surface area contributed by atoms with Crippen LogP contribution in [0.1, 0.15) is 10.4 Å². The second-order valence-corrected chi connectivity index (χ2v) is 11.2. The molecule has 1 aromatic heterocycles. The number of nitrogens with zero attached hydrogens (tertiary/aromatic N) is 2. The first kappa shape index (κ1) is 25.5. The number of ether oxygens (including phenoxy) is 3. The predicted octanol–water partition coefficient (Wildman–Crippen LogP) is 4.68. The highest BCUT2D eigenvalue weighted by molar-refractivity contribution is 7.70. The molecule has 3 aromatic rings. The summed E-state index contributed by atoms with van der Waals surface area (Å²) in [7, 11) is 0.609. The number of benzene rings is 2. The van der Waals surface area contributed by atoms with Crippen molar-refractivity contribution in [3.05, 3.63) is 59.2 Å². The Hall–Kier alpha value is -3.13. The van der Waals surface area contributed by atoms with Gasteiger partial charge in [0.2, 0.25) is 5.95 Å². The summed E-state index contributed by atoms with van der Waals surface area (Å²) in [6.07, 6.45) is 1.44. The molecule has 3 rings (SSSR count). The van der Waals surface area contributed by atoms with Crippen molar-refractivity contribution in [3.8, 4) is 5.75 Å². The number of hydrogen-bond acceptors (Lipinski definition) is 9. The Bertz CT molecular complexity index is 1220. The topological polar surface area (TPSA) is 112 Å². The molecule has 0 saturated carbocycles. The molecule has 0 bridgehead atoms. The zero-order valence-electron chi connectivity index (χ0n) is 19.3. The Balaban J connectivity index is 1.85. The number of halogens is 1. The van der Waals surface area contributed by atoms with Crippen LogP contribution in [0.3, 0.4) is 0 Å². The molecule has 2 aromatic carbocycles. The van der Waals surface area contributed by atoms with Gasteiger partial charge < -0.3 is 29.4 Å². The molecule has 0 amide bonds. The quantitative estimate of drug-likeness (QED) is 0.231. The van der Waals surface area contributed by atoms with E-state index in [1.807, 2.05) is 0 Å². The molecule has 1 heterocycles. The number of esters is 1. The average Bonchev–Trinajstić information content (AvgIpc) is 2.81. The van der Waals surface area contributed by atoms with Crippen LogP contribution in [-0.2, 0) is 14.0 Å². The van der Waals surface area contributed by atoms with E-state index in [1.165, 1.54) is 20.4 Å². The molecule has 0 atom stereocenters. The molecule has 0 radical (unpaired) electrons. The molecule has 0 saturated heterocycles. The van der Waals surface area contributed by atoms with Crippen molar-refractivity contribution in [1.29, 1.82) is 0 Å². The van der Waals surface area contributed by atoms with Gasteiger partial charge in [-0.3, -0.25) is 0 Å². The number of nitrogens with one attached hydrogen (secondary N) is 2. The fraction of sp³-hybridized carbons (Fsp3) is 0.261. The lowest BCUT2D eigenvalue weighted by atomic mass is 10.2. The summed E-state index contributed by atoms with van der Waals surface area (Å²) in [5.74, 6) is 0.532. The molecule has 180 valence electrons. The maximum absolute atomic E-state index is 12.5. The van der Waals surface area contributed by atoms with Gasteiger partial charge in [0.05, 0.1) is 36.9 Å². The lowest BCUT2D eigenvalue weighted by Gasteiger charge is -2.15. The smallest absolute Gasteiger partial charge is 0.340 e. The molecular weight excluding hydrogens is 479 g/mol. The van der Waals surface area contributed by atoms with Crippen LogP contribution in [0.4, 0.5) is 23.1 Å². The van der Waals surface area contributed by atoms with Crippen molar-refractivity contribution in [2.45, 2.75) is 0 Å². The van der Waals surface area contributed by atoms with Crippen LogP contribution in [0, 0.1) is 0 Å². The summed E-state index contributed by atoms with van der Waals surface area (Å²) < 4.78 is 28.0. The maximum atomic E-state index is 12.5. The van der Waals surface area contributed by atoms with Crippen molar-refractivity contribution in [3.63, 3.8) is 0 Å². The van der Waals surface area contributed by atoms with Crippen molar-refractivity contribution in [2.75, 3.05) is 51.4 Å². The average molecular weight is 505 g/mol. The van der Waals surface area contributed by atoms with Crippen molar-refractivity contribution in [2.24, 2.45) is 0 Å². The van der Waals surface area contributed by atoms with E-state index in [4.69, 9.17) is 25.8 Å². The van der Waals surface area contributed by atoms with Gasteiger partial charge >= 0.3 is 5.97 Å². The lowest BCUT2D eigenvalue weighted by molar-refractivity contribution is 0.0389. The fourth-order valence-corrected chi connectivity index (χ4v) is 3.95. The second kappa shape index (κ2) is 11.3. The van der Waals surface area contributed by atoms with Crippen LogP contribution in [-0.4, -0.2) is 56.7 Å². The summed E-state index contributed by atoms with van der Waals surface area (Å²) in [6.45, 7) is 3.82. The molecule has 0 aliphatic rings. The maximum Gasteiger partial charge on any atom is 0.340 e. The van der Waals surface area contributed by atoms with Gasteiger partial charge in [-0.05, 0) is 43.7 Å². The number of hydrogen-bond donors (Lipinski definition) is 2. The van der Waals surface area contributed by atoms with E-state index in [1.54, 1.807) is 55.8 Å². The highest BCUT2D eigenvalue weighted by Gasteiger charge is 2.17. The van der Waals surface area contributed by atoms with E-state index in [9.17, 15) is 9.36 Å². The second-order valence-electron chi connectivity index (χ2n) is 7.55. The number of methoxy groups -OCH3 is 2. The largest absolute Gasteiger partial charge is 0.495 e. The van der Waals surface area contributed by atoms with Crippen molar-refractivity contribution in [1.82, 2.24) is 9.97 Å². The first-order valence-corrected chi connectivity index (χ1v) is 13.3. The van der Waals surface area contributed by atoms with E-state index in [0.717, 1.165) is 0 Å². The zero-order valence-corrected chi connectivity index (χ0v) is 20.9. The summed E-state index contributed by atoms with van der Waals surface area (Å²) in [5.41, 5.74) is 1.39. The Labute approximate surface area is 203 Å². The van der Waals surface area contributed by atoms with Crippen LogP contribution in [0.2, 0.25) is 5.02 Å². The monoisotopic (exact) mass is 504 g/mol. The molecule has 9 nitrogen and oxygen atoms in total. The van der Waals surface area contributed by atoms with Gasteiger partial charge in [-0.25, -0.2) is 9.78 Å². The third-order valence-electron chi connectivity index (χ3n) is 4.72. The summed E-state index contributed by atoms with van der Waals surface area (Å²) in [4.78, 5) is 21.1. The first-order chi connectivity index (χ1) is 16.2. The van der Waals surface area contributed by atoms with E-state index < -0.39 is 13.1 Å². The van der Waals surface area contributed by atoms with Crippen molar-refractivity contribution < 1.29 is 23.6 Å². The fourth-order valence-electron chi connectivity index (χ4n) is 2.95. The van der Waals surface area contributed by atoms with E-state index >= 15 is 0 Å². The third kappa shape index (κ3) is 6.47. The van der Waals surface area contributed by atoms with Crippen LogP contribution < -0.4 is 20.7 Å². The van der Waals surface area contributed by atoms with Gasteiger partial charge in [0.1, 0.15) is 24.5 Å². The van der Waals surface area contributed by atoms with E-state index in [2.05, 4.69) is 20.6 Å². The van der Waals surface area contributed by atoms with E-state index in [0.29, 0.717) is 40.4 Å². The Morgan fingerprint density at radius 1 is 1.06 bits per heavy atom. The SMILES string of the molecule is COCCOC(=O)c1ccccc1Nc1nc(Nc2ccc(P(C)(C)=O)cc2OC)ncc1Cl. The van der Waals surface area contributed by atoms with E-state index in [-0.39, 0.29) is 17.6 Å². The standard InChI is InChI=1S/C23H26ClN4O5P/c1-31-11-12-33-22(29)16-7-5-6-8-18(16)26-21-17(24)14-25-23(28-21)27-19-10-9-15(34(3,4)30)13-20(19)32-2/h5-10,13-14H,11-12H2,1-4H3,(H2,25,26,27,28). The molecule has 0 aliphatic carbocycles. The number of para-hydroxylation sites is 1. The van der Waals surface area contributed by atoms with Gasteiger partial charge in [-0.15, -0.1) is 0 Å². The van der Waals surface area contributed by atoms with Crippen LogP contribution in [0.15, 0.2) is 48.7 Å². The number of carbonyl (C=O) groups excluding carboxylic acids is 1. The molecule has 0 aliphatic heterocycles. The van der Waals surface area contributed by atoms with Gasteiger partial charge in [-0.2, -0.15) is 4.98 Å². The van der Waals surface area contributed by atoms with Gasteiger partial charge in [0, 0.05) is 12.4 Å². The third-order valence-corrected chi connectivity index (χ3v) is 6.52. The molecule has 0 unspecified atom stereocenters. The minimum atomic E-state index is -2.45. The molecule has 2 N–H and O–H groups in total. The summed E-state index contributed by atoms with van der Waals surface area (Å²) in [5, 5.41) is 7.11. The Kier molecular flexibility index (Phi) is 8.50. The normalized spacial score (nSPS) is 11.1. The predicted molar refractivity (Wildman–Crippen MR) is 134 cm³/mol.